The molecule has 0 amide bonds. The van der Waals surface area contributed by atoms with E-state index in [0.717, 1.165) is 56.3 Å². The molecule has 242 valence electrons. The molecule has 0 spiro atoms. The summed E-state index contributed by atoms with van der Waals surface area (Å²) in [6.07, 6.45) is 5.82. The van der Waals surface area contributed by atoms with Gasteiger partial charge in [0, 0.05) is 34.7 Å². The molecule has 2 aromatic heterocycles. The summed E-state index contributed by atoms with van der Waals surface area (Å²) in [6, 6.07) is 56.8. The number of fused-ring (bicyclic) bond motifs is 3. The zero-order valence-electron chi connectivity index (χ0n) is 27.8. The summed E-state index contributed by atoms with van der Waals surface area (Å²) in [6.45, 7) is 0. The second-order valence-electron chi connectivity index (χ2n) is 12.4. The number of hydrogen-bond acceptors (Lipinski definition) is 3. The summed E-state index contributed by atoms with van der Waals surface area (Å²) in [4.78, 5) is 4.74. The second kappa shape index (κ2) is 12.8. The van der Waals surface area contributed by atoms with Gasteiger partial charge < -0.3 is 14.0 Å². The van der Waals surface area contributed by atoms with Crippen LogP contribution in [0.2, 0.25) is 0 Å². The fraction of sp³-hybridized carbons (Fsp3) is 0.0222. The molecule has 0 unspecified atom stereocenters. The molecule has 6 heteroatoms. The van der Waals surface area contributed by atoms with Crippen molar-refractivity contribution in [3.63, 3.8) is 0 Å². The van der Waals surface area contributed by atoms with Crippen LogP contribution in [0.25, 0.3) is 49.9 Å². The molecule has 0 saturated carbocycles. The maximum atomic E-state index is 6.67. The molecule has 0 radical (unpaired) electrons. The van der Waals surface area contributed by atoms with E-state index in [1.807, 2.05) is 108 Å². The minimum atomic E-state index is 0.711. The minimum Gasteiger partial charge on any atom is -0.457 e. The summed E-state index contributed by atoms with van der Waals surface area (Å²) in [7, 11) is 1.97. The van der Waals surface area contributed by atoms with Crippen LogP contribution < -0.4 is 9.47 Å². The molecule has 0 aliphatic carbocycles. The highest BCUT2D eigenvalue weighted by atomic mass is 16.5. The molecule has 8 aromatic rings. The summed E-state index contributed by atoms with van der Waals surface area (Å²) in [5.74, 6) is 3.00. The van der Waals surface area contributed by atoms with E-state index in [-0.39, 0.29) is 0 Å². The van der Waals surface area contributed by atoms with E-state index in [9.17, 15) is 0 Å². The highest BCUT2D eigenvalue weighted by Gasteiger charge is 2.21. The Labute approximate surface area is 295 Å². The number of nitrogens with zero attached hydrogens (tertiary/aromatic N) is 4. The number of hydrogen-bond donors (Lipinski definition) is 0. The van der Waals surface area contributed by atoms with Crippen LogP contribution in [0.4, 0.5) is 5.69 Å². The quantitative estimate of drug-likeness (QED) is 0.152. The van der Waals surface area contributed by atoms with Crippen LogP contribution >= 0.6 is 0 Å². The smallest absolute Gasteiger partial charge is 0.457 e. The van der Waals surface area contributed by atoms with E-state index >= 15 is 0 Å². The number of pyridine rings is 1. The maximum Gasteiger partial charge on any atom is 0.495 e. The molecule has 51 heavy (non-hydrogen) atoms. The van der Waals surface area contributed by atoms with Gasteiger partial charge in [0.15, 0.2) is 7.05 Å². The van der Waals surface area contributed by atoms with Crippen molar-refractivity contribution in [2.45, 2.75) is 0 Å². The van der Waals surface area contributed by atoms with Crippen LogP contribution in [-0.4, -0.2) is 31.8 Å². The van der Waals surface area contributed by atoms with E-state index in [2.05, 4.69) is 95.5 Å². The minimum absolute atomic E-state index is 0.711. The van der Waals surface area contributed by atoms with Crippen LogP contribution in [-0.2, 0) is 0 Å². The van der Waals surface area contributed by atoms with E-state index in [1.165, 1.54) is 10.8 Å². The Balaban J connectivity index is 1.07. The molecule has 0 fully saturated rings. The maximum absolute atomic E-state index is 6.67. The summed E-state index contributed by atoms with van der Waals surface area (Å²) in [5, 5.41) is 2.41. The first-order valence-corrected chi connectivity index (χ1v) is 16.8. The first-order valence-electron chi connectivity index (χ1n) is 16.8. The predicted octanol–water partition coefficient (Wildman–Crippen LogP) is 11.0. The van der Waals surface area contributed by atoms with Crippen LogP contribution in [0.15, 0.2) is 176 Å². The highest BCUT2D eigenvalue weighted by molar-refractivity contribution is 6.09. The Morgan fingerprint density at radius 1 is 0.529 bits per heavy atom. The molecular formula is C45H32N4O2+2. The molecule has 0 bridgehead atoms. The molecule has 1 aliphatic rings. The number of para-hydroxylation sites is 3. The van der Waals surface area contributed by atoms with Crippen molar-refractivity contribution in [2.75, 3.05) is 7.05 Å². The zero-order valence-corrected chi connectivity index (χ0v) is 27.8. The van der Waals surface area contributed by atoms with Gasteiger partial charge in [-0.3, -0.25) is 4.98 Å². The van der Waals surface area contributed by atoms with Crippen LogP contribution in [0.5, 0.6) is 23.0 Å². The van der Waals surface area contributed by atoms with E-state index in [0.29, 0.717) is 11.5 Å². The third-order valence-corrected chi connectivity index (χ3v) is 8.97. The Kier molecular flexibility index (Phi) is 7.54. The van der Waals surface area contributed by atoms with Gasteiger partial charge in [0.25, 0.3) is 6.20 Å². The van der Waals surface area contributed by atoms with Crippen molar-refractivity contribution in [1.29, 1.82) is 0 Å². The van der Waals surface area contributed by atoms with Gasteiger partial charge in [-0.2, -0.15) is 0 Å². The van der Waals surface area contributed by atoms with E-state index in [1.54, 1.807) is 0 Å². The summed E-state index contributed by atoms with van der Waals surface area (Å²) in [5.41, 5.74) is 8.09. The molecule has 0 N–H and O–H groups in total. The molecular weight excluding hydrogens is 629 g/mol. The fourth-order valence-electron chi connectivity index (χ4n) is 6.63. The third kappa shape index (κ3) is 5.97. The average molecular weight is 661 g/mol. The van der Waals surface area contributed by atoms with E-state index in [4.69, 9.17) is 14.5 Å². The Morgan fingerprint density at radius 3 is 1.88 bits per heavy atom. The lowest BCUT2D eigenvalue weighted by molar-refractivity contribution is -0.429. The standard InChI is InChI=1S/C45H32N4O2/c1-47-23-24-48(31-47)35-28-36(49-44-19-7-5-17-41(44)42-18-6-8-20-45(42)49)30-40(29-35)51-39-16-10-12-34(26-39)43-27-33(21-22-46-43)32-11-9-15-38(25-32)50-37-13-3-2-4-14-37/h2-30H,1H3/q+2. The number of benzene rings is 6. The molecule has 1 aliphatic heterocycles. The van der Waals surface area contributed by atoms with Gasteiger partial charge in [-0.25, -0.2) is 0 Å². The lowest BCUT2D eigenvalue weighted by Crippen LogP contribution is -1.99. The van der Waals surface area contributed by atoms with Crippen molar-refractivity contribution in [2.24, 2.45) is 0 Å². The van der Waals surface area contributed by atoms with Crippen molar-refractivity contribution < 1.29 is 18.6 Å². The fourth-order valence-corrected chi connectivity index (χ4v) is 6.63. The van der Waals surface area contributed by atoms with Gasteiger partial charge in [-0.1, -0.05) is 88.0 Å². The first kappa shape index (κ1) is 30.1. The lowest BCUT2D eigenvalue weighted by Gasteiger charge is -2.12. The van der Waals surface area contributed by atoms with Crippen molar-refractivity contribution >= 4 is 33.5 Å². The molecule has 9 rings (SSSR count). The highest BCUT2D eigenvalue weighted by Crippen LogP contribution is 2.37. The van der Waals surface area contributed by atoms with Crippen LogP contribution in [0.1, 0.15) is 0 Å². The number of rotatable bonds is 8. The van der Waals surface area contributed by atoms with Gasteiger partial charge in [0.05, 0.1) is 28.5 Å². The molecule has 6 aromatic carbocycles. The Hall–Kier alpha value is -7.01. The monoisotopic (exact) mass is 660 g/mol. The SMILES string of the molecule is C[N+]1=C=[N+](c2cc(Oc3cccc(-c4cc(-c5cccc(Oc6ccccc6)c5)ccn4)c3)cc(-n3c4ccccc4c4ccccc43)c2)C=C1. The number of ether oxygens (including phenoxy) is 2. The summed E-state index contributed by atoms with van der Waals surface area (Å²) < 4.78 is 19.0. The molecule has 3 heterocycles. The van der Waals surface area contributed by atoms with Crippen LogP contribution in [0, 0.1) is 0 Å². The zero-order chi connectivity index (χ0) is 34.1. The molecule has 0 saturated heterocycles. The molecule has 0 atom stereocenters. The van der Waals surface area contributed by atoms with Crippen LogP contribution in [0.3, 0.4) is 0 Å². The third-order valence-electron chi connectivity index (χ3n) is 8.97. The van der Waals surface area contributed by atoms with Gasteiger partial charge >= 0.3 is 6.01 Å². The normalized spacial score (nSPS) is 12.3. The predicted molar refractivity (Wildman–Crippen MR) is 203 cm³/mol. The number of aromatic nitrogens is 2. The van der Waals surface area contributed by atoms with Gasteiger partial charge in [-0.15, -0.1) is 0 Å². The van der Waals surface area contributed by atoms with Crippen molar-refractivity contribution in [3.05, 3.63) is 176 Å². The second-order valence-corrected chi connectivity index (χ2v) is 12.4. The van der Waals surface area contributed by atoms with Gasteiger partial charge in [0.1, 0.15) is 23.0 Å². The van der Waals surface area contributed by atoms with Crippen molar-refractivity contribution in [3.8, 4) is 51.1 Å². The Morgan fingerprint density at radius 2 is 1.16 bits per heavy atom. The average Bonchev–Trinajstić information content (AvgIpc) is 3.77. The molecule has 6 nitrogen and oxygen atoms in total. The topological polar surface area (TPSA) is 42.3 Å². The first-order chi connectivity index (χ1) is 25.1. The van der Waals surface area contributed by atoms with E-state index < -0.39 is 0 Å². The van der Waals surface area contributed by atoms with Crippen molar-refractivity contribution in [1.82, 2.24) is 9.55 Å². The van der Waals surface area contributed by atoms with Gasteiger partial charge in [0.2, 0.25) is 11.9 Å². The largest absolute Gasteiger partial charge is 0.495 e. The summed E-state index contributed by atoms with van der Waals surface area (Å²) >= 11 is 0. The Bertz CT molecular complexity index is 2650. The lowest BCUT2D eigenvalue weighted by atomic mass is 10.0. The van der Waals surface area contributed by atoms with Gasteiger partial charge in [-0.05, 0) is 71.8 Å².